The Morgan fingerprint density at radius 1 is 1.26 bits per heavy atom. The van der Waals surface area contributed by atoms with Crippen LogP contribution in [0.5, 0.6) is 0 Å². The number of benzene rings is 1. The highest BCUT2D eigenvalue weighted by molar-refractivity contribution is 5.92. The average molecular weight is 256 g/mol. The first-order valence-corrected chi connectivity index (χ1v) is 6.19. The van der Waals surface area contributed by atoms with Crippen molar-refractivity contribution in [2.45, 2.75) is 13.3 Å². The summed E-state index contributed by atoms with van der Waals surface area (Å²) in [5.74, 6) is -0.129. The van der Waals surface area contributed by atoms with Crippen molar-refractivity contribution in [1.29, 1.82) is 0 Å². The molecule has 0 bridgehead atoms. The second-order valence-corrected chi connectivity index (χ2v) is 4.12. The van der Waals surface area contributed by atoms with E-state index in [1.165, 1.54) is 0 Å². The SMILES string of the molecule is CCCNc1nc(C(N)=O)cc(-c2ccccc2)n1. The molecule has 0 aliphatic rings. The number of aromatic nitrogens is 2. The molecule has 19 heavy (non-hydrogen) atoms. The molecular formula is C14H16N4O. The van der Waals surface area contributed by atoms with Crippen molar-refractivity contribution >= 4 is 11.9 Å². The average Bonchev–Trinajstić information content (AvgIpc) is 2.45. The van der Waals surface area contributed by atoms with E-state index in [2.05, 4.69) is 15.3 Å². The van der Waals surface area contributed by atoms with Gasteiger partial charge in [0.2, 0.25) is 5.95 Å². The summed E-state index contributed by atoms with van der Waals surface area (Å²) in [6.07, 6.45) is 0.949. The van der Waals surface area contributed by atoms with Gasteiger partial charge in [0, 0.05) is 12.1 Å². The lowest BCUT2D eigenvalue weighted by molar-refractivity contribution is 0.0995. The Kier molecular flexibility index (Phi) is 4.07. The molecule has 2 rings (SSSR count). The predicted octanol–water partition coefficient (Wildman–Crippen LogP) is 2.06. The Bertz CT molecular complexity index is 569. The van der Waals surface area contributed by atoms with Crippen molar-refractivity contribution in [2.75, 3.05) is 11.9 Å². The fourth-order valence-corrected chi connectivity index (χ4v) is 1.65. The van der Waals surface area contributed by atoms with Gasteiger partial charge in [-0.15, -0.1) is 0 Å². The summed E-state index contributed by atoms with van der Waals surface area (Å²) in [5.41, 5.74) is 7.12. The van der Waals surface area contributed by atoms with E-state index in [0.717, 1.165) is 18.5 Å². The number of carbonyl (C=O) groups excluding carboxylic acids is 1. The van der Waals surface area contributed by atoms with E-state index in [-0.39, 0.29) is 5.69 Å². The van der Waals surface area contributed by atoms with Crippen LogP contribution in [-0.4, -0.2) is 22.4 Å². The van der Waals surface area contributed by atoms with Gasteiger partial charge in [-0.05, 0) is 12.5 Å². The zero-order valence-electron chi connectivity index (χ0n) is 10.8. The first-order valence-electron chi connectivity index (χ1n) is 6.19. The zero-order valence-corrected chi connectivity index (χ0v) is 10.8. The van der Waals surface area contributed by atoms with Crippen LogP contribution in [0.3, 0.4) is 0 Å². The van der Waals surface area contributed by atoms with Crippen molar-refractivity contribution < 1.29 is 4.79 Å². The number of carbonyl (C=O) groups is 1. The minimum Gasteiger partial charge on any atom is -0.364 e. The van der Waals surface area contributed by atoms with Gasteiger partial charge in [0.25, 0.3) is 5.91 Å². The smallest absolute Gasteiger partial charge is 0.267 e. The molecular weight excluding hydrogens is 240 g/mol. The Morgan fingerprint density at radius 3 is 2.63 bits per heavy atom. The first-order chi connectivity index (χ1) is 9.20. The van der Waals surface area contributed by atoms with Crippen LogP contribution < -0.4 is 11.1 Å². The Labute approximate surface area is 111 Å². The van der Waals surface area contributed by atoms with Gasteiger partial charge in [0.05, 0.1) is 5.69 Å². The van der Waals surface area contributed by atoms with Crippen molar-refractivity contribution in [2.24, 2.45) is 5.73 Å². The number of nitrogens with two attached hydrogens (primary N) is 1. The number of primary amides is 1. The molecule has 1 heterocycles. The first kappa shape index (κ1) is 13.0. The van der Waals surface area contributed by atoms with Gasteiger partial charge in [-0.3, -0.25) is 4.79 Å². The Morgan fingerprint density at radius 2 is 2.00 bits per heavy atom. The molecule has 2 aromatic rings. The lowest BCUT2D eigenvalue weighted by atomic mass is 10.1. The van der Waals surface area contributed by atoms with Gasteiger partial charge < -0.3 is 11.1 Å². The summed E-state index contributed by atoms with van der Waals surface area (Å²) in [6.45, 7) is 2.79. The van der Waals surface area contributed by atoms with Crippen LogP contribution in [0.4, 0.5) is 5.95 Å². The molecule has 3 N–H and O–H groups in total. The highest BCUT2D eigenvalue weighted by Gasteiger charge is 2.09. The standard InChI is InChI=1S/C14H16N4O/c1-2-8-16-14-17-11(9-12(18-14)13(15)19)10-6-4-3-5-7-10/h3-7,9H,2,8H2,1H3,(H2,15,19)(H,16,17,18). The number of amides is 1. The second-order valence-electron chi connectivity index (χ2n) is 4.12. The molecule has 1 aromatic carbocycles. The van der Waals surface area contributed by atoms with Crippen molar-refractivity contribution in [1.82, 2.24) is 9.97 Å². The Hall–Kier alpha value is -2.43. The Balaban J connectivity index is 2.42. The van der Waals surface area contributed by atoms with Gasteiger partial charge in [0.1, 0.15) is 5.69 Å². The third-order valence-corrected chi connectivity index (χ3v) is 2.58. The van der Waals surface area contributed by atoms with Gasteiger partial charge in [-0.25, -0.2) is 9.97 Å². The van der Waals surface area contributed by atoms with E-state index in [1.54, 1.807) is 6.07 Å². The fourth-order valence-electron chi connectivity index (χ4n) is 1.65. The van der Waals surface area contributed by atoms with Crippen LogP contribution in [0.15, 0.2) is 36.4 Å². The van der Waals surface area contributed by atoms with Crippen LogP contribution in [0.25, 0.3) is 11.3 Å². The maximum atomic E-state index is 11.3. The molecule has 0 aliphatic heterocycles. The summed E-state index contributed by atoms with van der Waals surface area (Å²) in [7, 11) is 0. The molecule has 1 aromatic heterocycles. The predicted molar refractivity (Wildman–Crippen MR) is 74.8 cm³/mol. The largest absolute Gasteiger partial charge is 0.364 e. The minimum absolute atomic E-state index is 0.215. The maximum Gasteiger partial charge on any atom is 0.267 e. The number of nitrogens with one attached hydrogen (secondary N) is 1. The summed E-state index contributed by atoms with van der Waals surface area (Å²) in [4.78, 5) is 19.8. The molecule has 0 aliphatic carbocycles. The van der Waals surface area contributed by atoms with Crippen molar-refractivity contribution in [3.05, 3.63) is 42.1 Å². The van der Waals surface area contributed by atoms with Crippen molar-refractivity contribution in [3.63, 3.8) is 0 Å². The monoisotopic (exact) mass is 256 g/mol. The number of anilines is 1. The molecule has 0 saturated carbocycles. The molecule has 0 fully saturated rings. The van der Waals surface area contributed by atoms with Crippen LogP contribution in [0, 0.1) is 0 Å². The summed E-state index contributed by atoms with van der Waals surface area (Å²) < 4.78 is 0. The molecule has 0 saturated heterocycles. The molecule has 98 valence electrons. The molecule has 1 amide bonds. The lowest BCUT2D eigenvalue weighted by Gasteiger charge is -2.07. The summed E-state index contributed by atoms with van der Waals surface area (Å²) >= 11 is 0. The van der Waals surface area contributed by atoms with Crippen LogP contribution in [0.1, 0.15) is 23.8 Å². The van der Waals surface area contributed by atoms with E-state index in [1.807, 2.05) is 37.3 Å². The highest BCUT2D eigenvalue weighted by Crippen LogP contribution is 2.18. The second kappa shape index (κ2) is 5.95. The fraction of sp³-hybridized carbons (Fsp3) is 0.214. The van der Waals surface area contributed by atoms with Crippen LogP contribution in [-0.2, 0) is 0 Å². The summed E-state index contributed by atoms with van der Waals surface area (Å²) in [5, 5.41) is 3.07. The number of nitrogens with zero attached hydrogens (tertiary/aromatic N) is 2. The number of hydrogen-bond donors (Lipinski definition) is 2. The number of hydrogen-bond acceptors (Lipinski definition) is 4. The maximum absolute atomic E-state index is 11.3. The van der Waals surface area contributed by atoms with Crippen LogP contribution >= 0.6 is 0 Å². The van der Waals surface area contributed by atoms with E-state index in [4.69, 9.17) is 5.73 Å². The van der Waals surface area contributed by atoms with E-state index < -0.39 is 5.91 Å². The van der Waals surface area contributed by atoms with E-state index in [0.29, 0.717) is 11.6 Å². The molecule has 0 unspecified atom stereocenters. The molecule has 5 heteroatoms. The lowest BCUT2D eigenvalue weighted by Crippen LogP contribution is -2.16. The molecule has 0 spiro atoms. The van der Waals surface area contributed by atoms with Gasteiger partial charge in [-0.2, -0.15) is 0 Å². The number of rotatable bonds is 5. The third kappa shape index (κ3) is 3.28. The zero-order chi connectivity index (χ0) is 13.7. The van der Waals surface area contributed by atoms with Gasteiger partial charge >= 0.3 is 0 Å². The van der Waals surface area contributed by atoms with Gasteiger partial charge in [-0.1, -0.05) is 37.3 Å². The van der Waals surface area contributed by atoms with Gasteiger partial charge in [0.15, 0.2) is 0 Å². The molecule has 5 nitrogen and oxygen atoms in total. The quantitative estimate of drug-likeness (QED) is 0.858. The normalized spacial score (nSPS) is 10.2. The third-order valence-electron chi connectivity index (χ3n) is 2.58. The highest BCUT2D eigenvalue weighted by atomic mass is 16.1. The van der Waals surface area contributed by atoms with E-state index >= 15 is 0 Å². The molecule has 0 atom stereocenters. The minimum atomic E-state index is -0.556. The molecule has 0 radical (unpaired) electrons. The topological polar surface area (TPSA) is 80.9 Å². The van der Waals surface area contributed by atoms with Crippen molar-refractivity contribution in [3.8, 4) is 11.3 Å². The van der Waals surface area contributed by atoms with E-state index in [9.17, 15) is 4.79 Å². The van der Waals surface area contributed by atoms with Crippen LogP contribution in [0.2, 0.25) is 0 Å². The summed E-state index contributed by atoms with van der Waals surface area (Å²) in [6, 6.07) is 11.2.